The molecule has 0 unspecified atom stereocenters. The second-order valence-electron chi connectivity index (χ2n) is 11.6. The van der Waals surface area contributed by atoms with Crippen LogP contribution in [0.3, 0.4) is 0 Å². The summed E-state index contributed by atoms with van der Waals surface area (Å²) in [6.45, 7) is 3.93. The van der Waals surface area contributed by atoms with E-state index in [1.54, 1.807) is 24.8 Å². The van der Waals surface area contributed by atoms with Crippen molar-refractivity contribution in [1.82, 2.24) is 40.0 Å². The number of imidazole rings is 1. The first kappa shape index (κ1) is 28.8. The summed E-state index contributed by atoms with van der Waals surface area (Å²) in [6, 6.07) is 20.4. The van der Waals surface area contributed by atoms with E-state index in [-0.39, 0.29) is 0 Å². The predicted molar refractivity (Wildman–Crippen MR) is 177 cm³/mol. The van der Waals surface area contributed by atoms with Crippen molar-refractivity contribution in [2.75, 3.05) is 26.2 Å². The van der Waals surface area contributed by atoms with Crippen LogP contribution in [-0.4, -0.2) is 66.3 Å². The Labute approximate surface area is 269 Å². The minimum absolute atomic E-state index is 0.393. The average Bonchev–Trinajstić information content (AvgIpc) is 3.87. The van der Waals surface area contributed by atoms with Crippen molar-refractivity contribution in [3.8, 4) is 45.5 Å². The normalized spacial score (nSPS) is 13.5. The Morgan fingerprint density at radius 1 is 0.809 bits per heavy atom. The number of nitrogens with zero attached hydrogens (tertiary/aromatic N) is 6. The van der Waals surface area contributed by atoms with E-state index in [2.05, 4.69) is 35.0 Å². The molecule has 8 rings (SSSR count). The Morgan fingerprint density at radius 3 is 2.57 bits per heavy atom. The molecule has 0 saturated carbocycles. The maximum atomic E-state index is 14.8. The number of hydrogen-bond donors (Lipinski definition) is 2. The number of pyridine rings is 3. The summed E-state index contributed by atoms with van der Waals surface area (Å²) >= 11 is 0. The molecule has 1 saturated heterocycles. The fraction of sp³-hybridized carbons (Fsp3) is 0.194. The lowest BCUT2D eigenvalue weighted by Gasteiger charge is -2.15. The monoisotopic (exact) mass is 626 g/mol. The van der Waals surface area contributed by atoms with Gasteiger partial charge in [-0.05, 0) is 61.8 Å². The van der Waals surface area contributed by atoms with Crippen molar-refractivity contribution in [3.63, 3.8) is 0 Å². The van der Waals surface area contributed by atoms with Crippen molar-refractivity contribution in [3.05, 3.63) is 103 Å². The predicted octanol–water partition coefficient (Wildman–Crippen LogP) is 6.82. The van der Waals surface area contributed by atoms with Gasteiger partial charge in [-0.25, -0.2) is 9.37 Å². The number of benzene rings is 2. The van der Waals surface area contributed by atoms with Gasteiger partial charge in [0, 0.05) is 41.5 Å². The lowest BCUT2D eigenvalue weighted by atomic mass is 10.1. The average molecular weight is 627 g/mol. The number of aromatic amines is 2. The van der Waals surface area contributed by atoms with Crippen LogP contribution in [-0.2, 0) is 6.61 Å². The van der Waals surface area contributed by atoms with Gasteiger partial charge in [0.05, 0.1) is 34.8 Å². The third kappa shape index (κ3) is 6.12. The topological polar surface area (TPSA) is 118 Å². The number of ether oxygens (including phenoxy) is 2. The zero-order valence-corrected chi connectivity index (χ0v) is 25.5. The van der Waals surface area contributed by atoms with Crippen LogP contribution in [0.5, 0.6) is 11.5 Å². The quantitative estimate of drug-likeness (QED) is 0.170. The van der Waals surface area contributed by atoms with E-state index < -0.39 is 5.82 Å². The van der Waals surface area contributed by atoms with Crippen molar-refractivity contribution in [1.29, 1.82) is 0 Å². The van der Waals surface area contributed by atoms with E-state index in [0.717, 1.165) is 47.2 Å². The lowest BCUT2D eigenvalue weighted by molar-refractivity contribution is 0.237. The molecule has 0 atom stereocenters. The molecule has 47 heavy (non-hydrogen) atoms. The molecule has 10 nitrogen and oxygen atoms in total. The largest absolute Gasteiger partial charge is 0.492 e. The molecule has 234 valence electrons. The molecule has 2 aromatic carbocycles. The molecular formula is C36H31FN8O2. The summed E-state index contributed by atoms with van der Waals surface area (Å²) in [5, 5.41) is 8.46. The number of hydrogen-bond acceptors (Lipinski definition) is 8. The molecule has 1 aliphatic heterocycles. The Hall–Kier alpha value is -5.68. The minimum atomic E-state index is -0.393. The van der Waals surface area contributed by atoms with Crippen LogP contribution in [0.2, 0.25) is 0 Å². The van der Waals surface area contributed by atoms with Gasteiger partial charge in [-0.1, -0.05) is 30.3 Å². The molecule has 5 aromatic heterocycles. The third-order valence-electron chi connectivity index (χ3n) is 8.35. The number of aromatic nitrogens is 7. The van der Waals surface area contributed by atoms with Gasteiger partial charge < -0.3 is 14.5 Å². The second-order valence-corrected chi connectivity index (χ2v) is 11.6. The smallest absolute Gasteiger partial charge is 0.159 e. The molecule has 2 N–H and O–H groups in total. The molecule has 0 amide bonds. The summed E-state index contributed by atoms with van der Waals surface area (Å²) in [5.74, 6) is 1.27. The number of likely N-dealkylation sites (tertiary alicyclic amines) is 1. The van der Waals surface area contributed by atoms with Crippen LogP contribution in [0.15, 0.2) is 91.5 Å². The van der Waals surface area contributed by atoms with Crippen LogP contribution in [0.1, 0.15) is 18.4 Å². The molecule has 1 fully saturated rings. The van der Waals surface area contributed by atoms with Gasteiger partial charge in [0.25, 0.3) is 0 Å². The Morgan fingerprint density at radius 2 is 1.68 bits per heavy atom. The van der Waals surface area contributed by atoms with E-state index >= 15 is 0 Å². The fourth-order valence-corrected chi connectivity index (χ4v) is 5.97. The molecule has 11 heteroatoms. The van der Waals surface area contributed by atoms with Gasteiger partial charge in [-0.15, -0.1) is 0 Å². The lowest BCUT2D eigenvalue weighted by Crippen LogP contribution is -2.25. The van der Waals surface area contributed by atoms with Crippen molar-refractivity contribution in [2.24, 2.45) is 0 Å². The zero-order valence-electron chi connectivity index (χ0n) is 25.5. The van der Waals surface area contributed by atoms with E-state index in [1.165, 1.54) is 25.0 Å². The molecule has 0 radical (unpaired) electrons. The number of fused-ring (bicyclic) bond motifs is 2. The van der Waals surface area contributed by atoms with Crippen LogP contribution >= 0.6 is 0 Å². The van der Waals surface area contributed by atoms with E-state index in [9.17, 15) is 4.39 Å². The Balaban J connectivity index is 1.08. The number of nitrogens with one attached hydrogen (secondary N) is 2. The number of halogens is 1. The van der Waals surface area contributed by atoms with Gasteiger partial charge in [0.1, 0.15) is 41.7 Å². The Kier molecular flexibility index (Phi) is 7.72. The van der Waals surface area contributed by atoms with Crippen LogP contribution in [0.25, 0.3) is 56.0 Å². The molecule has 0 bridgehead atoms. The summed E-state index contributed by atoms with van der Waals surface area (Å²) < 4.78 is 26.7. The molecule has 1 aliphatic rings. The molecule has 0 spiro atoms. The molecule has 0 aliphatic carbocycles. The van der Waals surface area contributed by atoms with Crippen LogP contribution in [0, 0.1) is 5.82 Å². The van der Waals surface area contributed by atoms with Crippen LogP contribution in [0.4, 0.5) is 4.39 Å². The molecule has 7 aromatic rings. The third-order valence-corrected chi connectivity index (χ3v) is 8.35. The second kappa shape index (κ2) is 12.6. The highest BCUT2D eigenvalue weighted by molar-refractivity contribution is 5.97. The highest BCUT2D eigenvalue weighted by Gasteiger charge is 2.18. The maximum absolute atomic E-state index is 14.8. The standard InChI is InChI=1S/C36H31FN8O2/c37-26-14-24(15-27(17-26)46-13-12-45-10-4-5-11-45)33-35-30(8-9-39-33)41-36(42-35)34-29-18-31(40-21-32(29)43-44-34)25-16-28(20-38-19-25)47-22-23-6-2-1-3-7-23/h1-3,6-9,14-21H,4-5,10-13,22H2,(H,41,42)(H,43,44). The number of H-pyrrole nitrogens is 2. The fourth-order valence-electron chi connectivity index (χ4n) is 5.97. The highest BCUT2D eigenvalue weighted by Crippen LogP contribution is 2.33. The van der Waals surface area contributed by atoms with Crippen molar-refractivity contribution < 1.29 is 13.9 Å². The first-order valence-electron chi connectivity index (χ1n) is 15.6. The van der Waals surface area contributed by atoms with Crippen molar-refractivity contribution in [2.45, 2.75) is 19.4 Å². The zero-order chi connectivity index (χ0) is 31.6. The maximum Gasteiger partial charge on any atom is 0.159 e. The highest BCUT2D eigenvalue weighted by atomic mass is 19.1. The van der Waals surface area contributed by atoms with E-state index in [0.29, 0.717) is 58.7 Å². The summed E-state index contributed by atoms with van der Waals surface area (Å²) in [4.78, 5) is 24.3. The number of rotatable bonds is 10. The van der Waals surface area contributed by atoms with Gasteiger partial charge in [0.2, 0.25) is 0 Å². The summed E-state index contributed by atoms with van der Waals surface area (Å²) in [6.07, 6.45) is 9.31. The molecule has 6 heterocycles. The summed E-state index contributed by atoms with van der Waals surface area (Å²) in [7, 11) is 0. The Bertz CT molecular complexity index is 2180. The first-order chi connectivity index (χ1) is 23.2. The van der Waals surface area contributed by atoms with E-state index in [4.69, 9.17) is 14.5 Å². The van der Waals surface area contributed by atoms with Gasteiger partial charge in [-0.3, -0.25) is 25.0 Å². The first-order valence-corrected chi connectivity index (χ1v) is 15.6. The SMILES string of the molecule is Fc1cc(OCCN2CCCC2)cc(-c2nccc3[nH]c(-c4n[nH]c5cnc(-c6cncc(OCc7ccccc7)c6)cc45)nc23)c1. The van der Waals surface area contributed by atoms with E-state index in [1.807, 2.05) is 54.6 Å². The van der Waals surface area contributed by atoms with Gasteiger partial charge >= 0.3 is 0 Å². The van der Waals surface area contributed by atoms with Gasteiger partial charge in [0.15, 0.2) is 5.82 Å². The molecular weight excluding hydrogens is 595 g/mol. The summed E-state index contributed by atoms with van der Waals surface area (Å²) in [5.41, 5.74) is 6.48. The van der Waals surface area contributed by atoms with Gasteiger partial charge in [-0.2, -0.15) is 5.10 Å². The van der Waals surface area contributed by atoms with Crippen molar-refractivity contribution >= 4 is 21.9 Å². The minimum Gasteiger partial charge on any atom is -0.492 e. The van der Waals surface area contributed by atoms with Crippen LogP contribution < -0.4 is 9.47 Å².